The van der Waals surface area contributed by atoms with Crippen molar-refractivity contribution in [3.05, 3.63) is 66.2 Å². The Bertz CT molecular complexity index is 1160. The number of carbonyl (C=O) groups excluding carboxylic acids is 1. The molecule has 0 aliphatic heterocycles. The topological polar surface area (TPSA) is 78.6 Å². The highest BCUT2D eigenvalue weighted by molar-refractivity contribution is 7.99. The Morgan fingerprint density at radius 1 is 0.966 bits per heavy atom. The fourth-order valence-corrected chi connectivity index (χ4v) is 3.57. The molecular formula is C21H18N4O3S. The molecule has 2 heterocycles. The molecule has 0 fully saturated rings. The van der Waals surface area contributed by atoms with Gasteiger partial charge in [-0.25, -0.2) is 0 Å². The standard InChI is InChI=1S/C21H18N4O3S/c1-27-16-8-6-14(7-9-16)18-10-11-20-22-23-21(25(20)24-18)29-13-19(26)15-4-3-5-17(12-15)28-2/h3-12H,13H2,1-2H3. The van der Waals surface area contributed by atoms with E-state index in [1.165, 1.54) is 11.8 Å². The summed E-state index contributed by atoms with van der Waals surface area (Å²) in [5.41, 5.74) is 2.95. The maximum atomic E-state index is 12.5. The number of methoxy groups -OCH3 is 2. The van der Waals surface area contributed by atoms with Crippen LogP contribution in [-0.2, 0) is 0 Å². The zero-order chi connectivity index (χ0) is 20.2. The molecule has 4 rings (SSSR count). The van der Waals surface area contributed by atoms with Gasteiger partial charge in [0.05, 0.1) is 25.7 Å². The van der Waals surface area contributed by atoms with Crippen molar-refractivity contribution < 1.29 is 14.3 Å². The number of ketones is 1. The van der Waals surface area contributed by atoms with E-state index < -0.39 is 0 Å². The fraction of sp³-hybridized carbons (Fsp3) is 0.143. The van der Waals surface area contributed by atoms with Crippen molar-refractivity contribution >= 4 is 23.2 Å². The van der Waals surface area contributed by atoms with Crippen molar-refractivity contribution in [3.63, 3.8) is 0 Å². The Labute approximate surface area is 171 Å². The van der Waals surface area contributed by atoms with Crippen molar-refractivity contribution in [2.45, 2.75) is 5.16 Å². The molecule has 0 bridgehead atoms. The number of fused-ring (bicyclic) bond motifs is 1. The first-order valence-corrected chi connectivity index (χ1v) is 9.83. The van der Waals surface area contributed by atoms with Gasteiger partial charge in [0.2, 0.25) is 5.16 Å². The van der Waals surface area contributed by atoms with Crippen LogP contribution in [0.2, 0.25) is 0 Å². The van der Waals surface area contributed by atoms with E-state index in [0.717, 1.165) is 17.0 Å². The van der Waals surface area contributed by atoms with Gasteiger partial charge in [0.15, 0.2) is 11.4 Å². The lowest BCUT2D eigenvalue weighted by molar-refractivity contribution is 0.102. The summed E-state index contributed by atoms with van der Waals surface area (Å²) in [5, 5.41) is 13.5. The zero-order valence-electron chi connectivity index (χ0n) is 15.9. The molecule has 146 valence electrons. The van der Waals surface area contributed by atoms with E-state index >= 15 is 0 Å². The second-order valence-electron chi connectivity index (χ2n) is 6.14. The lowest BCUT2D eigenvalue weighted by Gasteiger charge is -2.05. The number of hydrogen-bond donors (Lipinski definition) is 0. The molecule has 0 saturated carbocycles. The first-order chi connectivity index (χ1) is 14.2. The predicted molar refractivity (Wildman–Crippen MR) is 111 cm³/mol. The lowest BCUT2D eigenvalue weighted by atomic mass is 10.1. The van der Waals surface area contributed by atoms with Crippen LogP contribution >= 0.6 is 11.8 Å². The minimum atomic E-state index is -0.0167. The molecule has 2 aromatic carbocycles. The first kappa shape index (κ1) is 18.9. The maximum Gasteiger partial charge on any atom is 0.212 e. The van der Waals surface area contributed by atoms with Gasteiger partial charge in [0.1, 0.15) is 11.5 Å². The van der Waals surface area contributed by atoms with E-state index in [2.05, 4.69) is 15.3 Å². The van der Waals surface area contributed by atoms with Crippen LogP contribution in [0, 0.1) is 0 Å². The van der Waals surface area contributed by atoms with Crippen molar-refractivity contribution in [1.82, 2.24) is 19.8 Å². The molecule has 0 unspecified atom stereocenters. The fourth-order valence-electron chi connectivity index (χ4n) is 2.78. The minimum Gasteiger partial charge on any atom is -0.497 e. The molecule has 0 radical (unpaired) electrons. The van der Waals surface area contributed by atoms with Gasteiger partial charge in [-0.2, -0.15) is 9.61 Å². The number of aromatic nitrogens is 4. The molecule has 4 aromatic rings. The average Bonchev–Trinajstić information content (AvgIpc) is 3.19. The summed E-state index contributed by atoms with van der Waals surface area (Å²) in [6.07, 6.45) is 0. The molecule has 0 aliphatic carbocycles. The lowest BCUT2D eigenvalue weighted by Crippen LogP contribution is -2.04. The Kier molecular flexibility index (Phi) is 5.44. The third-order valence-corrected chi connectivity index (χ3v) is 5.26. The summed E-state index contributed by atoms with van der Waals surface area (Å²) < 4.78 is 12.0. The third kappa shape index (κ3) is 4.07. The van der Waals surface area contributed by atoms with Crippen LogP contribution in [0.1, 0.15) is 10.4 Å². The number of rotatable bonds is 7. The van der Waals surface area contributed by atoms with Gasteiger partial charge in [0, 0.05) is 11.1 Å². The quantitative estimate of drug-likeness (QED) is 0.341. The summed E-state index contributed by atoms with van der Waals surface area (Å²) in [6, 6.07) is 18.5. The van der Waals surface area contributed by atoms with Gasteiger partial charge in [-0.15, -0.1) is 10.2 Å². The van der Waals surface area contributed by atoms with Crippen LogP contribution in [0.15, 0.2) is 65.8 Å². The van der Waals surface area contributed by atoms with Crippen molar-refractivity contribution in [1.29, 1.82) is 0 Å². The zero-order valence-corrected chi connectivity index (χ0v) is 16.7. The van der Waals surface area contributed by atoms with Crippen LogP contribution in [0.4, 0.5) is 0 Å². The molecule has 0 spiro atoms. The number of ether oxygens (including phenoxy) is 2. The molecule has 8 heteroatoms. The second-order valence-corrected chi connectivity index (χ2v) is 7.09. The van der Waals surface area contributed by atoms with Crippen molar-refractivity contribution in [3.8, 4) is 22.8 Å². The SMILES string of the molecule is COc1ccc(-c2ccc3nnc(SCC(=O)c4cccc(OC)c4)n3n2)cc1. The van der Waals surface area contributed by atoms with Gasteiger partial charge in [-0.1, -0.05) is 23.9 Å². The number of thioether (sulfide) groups is 1. The molecule has 0 saturated heterocycles. The summed E-state index contributed by atoms with van der Waals surface area (Å²) in [4.78, 5) is 12.5. The molecule has 0 aliphatic rings. The summed E-state index contributed by atoms with van der Waals surface area (Å²) in [6.45, 7) is 0. The smallest absolute Gasteiger partial charge is 0.212 e. The van der Waals surface area contributed by atoms with Gasteiger partial charge in [0.25, 0.3) is 0 Å². The Balaban J connectivity index is 1.55. The molecule has 2 aromatic heterocycles. The van der Waals surface area contributed by atoms with E-state index in [1.54, 1.807) is 43.0 Å². The largest absolute Gasteiger partial charge is 0.497 e. The first-order valence-electron chi connectivity index (χ1n) is 8.85. The average molecular weight is 406 g/mol. The van der Waals surface area contributed by atoms with E-state index in [4.69, 9.17) is 9.47 Å². The molecule has 7 nitrogen and oxygen atoms in total. The monoisotopic (exact) mass is 406 g/mol. The number of carbonyl (C=O) groups is 1. The highest BCUT2D eigenvalue weighted by Crippen LogP contribution is 2.23. The highest BCUT2D eigenvalue weighted by atomic mass is 32.2. The third-order valence-electron chi connectivity index (χ3n) is 4.34. The van der Waals surface area contributed by atoms with E-state index in [9.17, 15) is 4.79 Å². The number of nitrogens with zero attached hydrogens (tertiary/aromatic N) is 4. The van der Waals surface area contributed by atoms with Gasteiger partial charge < -0.3 is 9.47 Å². The number of Topliss-reactive ketones (excluding diaryl/α,β-unsaturated/α-hetero) is 1. The molecule has 0 amide bonds. The van der Waals surface area contributed by atoms with E-state index in [0.29, 0.717) is 22.1 Å². The Hall–Kier alpha value is -3.39. The molecule has 29 heavy (non-hydrogen) atoms. The Morgan fingerprint density at radius 2 is 1.76 bits per heavy atom. The summed E-state index contributed by atoms with van der Waals surface area (Å²) in [7, 11) is 3.21. The highest BCUT2D eigenvalue weighted by Gasteiger charge is 2.13. The molecule has 0 atom stereocenters. The van der Waals surface area contributed by atoms with Crippen LogP contribution in [-0.4, -0.2) is 45.6 Å². The van der Waals surface area contributed by atoms with Crippen LogP contribution in [0.5, 0.6) is 11.5 Å². The van der Waals surface area contributed by atoms with Crippen molar-refractivity contribution in [2.75, 3.05) is 20.0 Å². The van der Waals surface area contributed by atoms with Gasteiger partial charge >= 0.3 is 0 Å². The summed E-state index contributed by atoms with van der Waals surface area (Å²) >= 11 is 1.30. The normalized spacial score (nSPS) is 10.8. The van der Waals surface area contributed by atoms with Crippen LogP contribution < -0.4 is 9.47 Å². The minimum absolute atomic E-state index is 0.0167. The van der Waals surface area contributed by atoms with Crippen LogP contribution in [0.25, 0.3) is 16.9 Å². The second kappa shape index (κ2) is 8.32. The number of hydrogen-bond acceptors (Lipinski definition) is 7. The van der Waals surface area contributed by atoms with Gasteiger partial charge in [-0.3, -0.25) is 4.79 Å². The van der Waals surface area contributed by atoms with E-state index in [-0.39, 0.29) is 11.5 Å². The number of benzene rings is 2. The van der Waals surface area contributed by atoms with E-state index in [1.807, 2.05) is 36.4 Å². The maximum absolute atomic E-state index is 12.5. The molecule has 0 N–H and O–H groups in total. The predicted octanol–water partition coefficient (Wildman–Crippen LogP) is 3.78. The van der Waals surface area contributed by atoms with Crippen LogP contribution in [0.3, 0.4) is 0 Å². The van der Waals surface area contributed by atoms with Gasteiger partial charge in [-0.05, 0) is 48.5 Å². The molecular weight excluding hydrogens is 388 g/mol. The van der Waals surface area contributed by atoms with Crippen molar-refractivity contribution in [2.24, 2.45) is 0 Å². The summed E-state index contributed by atoms with van der Waals surface area (Å²) in [5.74, 6) is 1.64. The Morgan fingerprint density at radius 3 is 2.52 bits per heavy atom.